The van der Waals surface area contributed by atoms with Gasteiger partial charge >= 0.3 is 11.9 Å². The number of anilines is 1. The summed E-state index contributed by atoms with van der Waals surface area (Å²) in [4.78, 5) is 52.9. The van der Waals surface area contributed by atoms with Crippen LogP contribution < -0.4 is 10.2 Å². The first-order valence-electron chi connectivity index (χ1n) is 14.0. The van der Waals surface area contributed by atoms with E-state index >= 15 is 0 Å². The van der Waals surface area contributed by atoms with Gasteiger partial charge in [-0.1, -0.05) is 67.8 Å². The Morgan fingerprint density at radius 2 is 1.77 bits per heavy atom. The minimum Gasteiger partial charge on any atom is -0.480 e. The number of carbonyl (C=O) groups is 4. The van der Waals surface area contributed by atoms with Crippen LogP contribution in [0, 0.1) is 5.41 Å². The third-order valence-electron chi connectivity index (χ3n) is 8.11. The van der Waals surface area contributed by atoms with E-state index in [9.17, 15) is 24.3 Å². The van der Waals surface area contributed by atoms with Gasteiger partial charge in [0.1, 0.15) is 12.6 Å². The predicted octanol–water partition coefficient (Wildman–Crippen LogP) is 4.61. The second-order valence-corrected chi connectivity index (χ2v) is 10.6. The molecule has 0 bridgehead atoms. The lowest BCUT2D eigenvalue weighted by atomic mass is 9.78. The molecular weight excluding hydrogens is 496 g/mol. The Morgan fingerprint density at radius 1 is 1.08 bits per heavy atom. The van der Waals surface area contributed by atoms with Crippen molar-refractivity contribution in [1.29, 1.82) is 0 Å². The van der Waals surface area contributed by atoms with E-state index in [1.54, 1.807) is 19.1 Å². The summed E-state index contributed by atoms with van der Waals surface area (Å²) < 4.78 is 5.34. The summed E-state index contributed by atoms with van der Waals surface area (Å²) in [6.07, 6.45) is 6.15. The van der Waals surface area contributed by atoms with Crippen molar-refractivity contribution in [1.82, 2.24) is 5.32 Å². The minimum atomic E-state index is -1.10. The SMILES string of the molecule is CCOC(=O)C(CCCC1(C(=O)N[C@@H]2CCc3ccccc3N(CC(=O)O)C2=O)CCCC1)c1ccccc1. The highest BCUT2D eigenvalue weighted by Crippen LogP contribution is 2.43. The standard InChI is InChI=1S/C31H38N2O6/c1-2-39-29(37)24(22-11-4-3-5-12-22)14-10-20-31(18-8-9-19-31)30(38)32-25-17-16-23-13-6-7-15-26(23)33(28(25)36)21-27(34)35/h3-7,11-13,15,24-25H,2,8-10,14,16-21H2,1H3,(H,32,38)(H,34,35)/t24?,25-/m1/s1. The molecule has 0 spiro atoms. The van der Waals surface area contributed by atoms with Crippen molar-refractivity contribution in [2.45, 2.75) is 76.7 Å². The van der Waals surface area contributed by atoms with Gasteiger partial charge in [0.05, 0.1) is 12.5 Å². The van der Waals surface area contributed by atoms with E-state index in [0.717, 1.165) is 36.8 Å². The molecule has 39 heavy (non-hydrogen) atoms. The number of rotatable bonds is 11. The van der Waals surface area contributed by atoms with Gasteiger partial charge < -0.3 is 15.2 Å². The number of aryl methyl sites for hydroxylation is 1. The summed E-state index contributed by atoms with van der Waals surface area (Å²) in [6, 6.07) is 16.1. The number of aliphatic carboxylic acids is 1. The molecule has 1 aliphatic heterocycles. The molecule has 1 aliphatic carbocycles. The number of ether oxygens (including phenoxy) is 1. The van der Waals surface area contributed by atoms with Crippen LogP contribution in [0.15, 0.2) is 54.6 Å². The van der Waals surface area contributed by atoms with Gasteiger partial charge in [-0.15, -0.1) is 0 Å². The number of hydrogen-bond acceptors (Lipinski definition) is 5. The van der Waals surface area contributed by atoms with E-state index in [0.29, 0.717) is 44.4 Å². The molecule has 0 aromatic heterocycles. The van der Waals surface area contributed by atoms with Crippen LogP contribution in [0.1, 0.15) is 75.3 Å². The number of benzene rings is 2. The number of carboxylic acids is 1. The Labute approximate surface area is 229 Å². The van der Waals surface area contributed by atoms with Gasteiger partial charge in [-0.3, -0.25) is 24.1 Å². The average molecular weight is 535 g/mol. The van der Waals surface area contributed by atoms with Crippen LogP contribution in [0.5, 0.6) is 0 Å². The second-order valence-electron chi connectivity index (χ2n) is 10.6. The molecule has 2 atom stereocenters. The molecule has 2 aliphatic rings. The number of fused-ring (bicyclic) bond motifs is 1. The van der Waals surface area contributed by atoms with Gasteiger partial charge in [0.15, 0.2) is 0 Å². The zero-order valence-electron chi connectivity index (χ0n) is 22.6. The largest absolute Gasteiger partial charge is 0.480 e. The first-order chi connectivity index (χ1) is 18.8. The maximum absolute atomic E-state index is 13.8. The van der Waals surface area contributed by atoms with Gasteiger partial charge in [0, 0.05) is 11.1 Å². The van der Waals surface area contributed by atoms with Gasteiger partial charge in [0.25, 0.3) is 0 Å². The Bertz CT molecular complexity index is 1170. The molecule has 1 saturated carbocycles. The number of nitrogens with zero attached hydrogens (tertiary/aromatic N) is 1. The molecule has 1 heterocycles. The normalized spacial score (nSPS) is 19.1. The fourth-order valence-corrected chi connectivity index (χ4v) is 6.10. The Balaban J connectivity index is 1.46. The summed E-state index contributed by atoms with van der Waals surface area (Å²) in [5, 5.41) is 12.5. The number of hydrogen-bond donors (Lipinski definition) is 2. The smallest absolute Gasteiger partial charge is 0.323 e. The summed E-state index contributed by atoms with van der Waals surface area (Å²) >= 11 is 0. The van der Waals surface area contributed by atoms with Crippen LogP contribution in [-0.4, -0.2) is 48.1 Å². The lowest BCUT2D eigenvalue weighted by molar-refractivity contribution is -0.145. The van der Waals surface area contributed by atoms with E-state index < -0.39 is 29.9 Å². The molecule has 8 heteroatoms. The van der Waals surface area contributed by atoms with Crippen molar-refractivity contribution >= 4 is 29.4 Å². The van der Waals surface area contributed by atoms with Crippen LogP contribution in [0.3, 0.4) is 0 Å². The van der Waals surface area contributed by atoms with Crippen LogP contribution in [0.25, 0.3) is 0 Å². The average Bonchev–Trinajstić information content (AvgIpc) is 3.38. The zero-order valence-corrected chi connectivity index (χ0v) is 22.6. The van der Waals surface area contributed by atoms with Crippen molar-refractivity contribution in [3.63, 3.8) is 0 Å². The first-order valence-corrected chi connectivity index (χ1v) is 14.0. The van der Waals surface area contributed by atoms with Gasteiger partial charge in [0.2, 0.25) is 11.8 Å². The lowest BCUT2D eigenvalue weighted by Crippen LogP contribution is -2.52. The zero-order chi connectivity index (χ0) is 27.8. The fourth-order valence-electron chi connectivity index (χ4n) is 6.10. The second kappa shape index (κ2) is 12.9. The molecule has 2 aromatic carbocycles. The van der Waals surface area contributed by atoms with Gasteiger partial charge in [-0.2, -0.15) is 0 Å². The molecular formula is C31H38N2O6. The van der Waals surface area contributed by atoms with Gasteiger partial charge in [-0.25, -0.2) is 0 Å². The van der Waals surface area contributed by atoms with E-state index in [1.807, 2.05) is 42.5 Å². The summed E-state index contributed by atoms with van der Waals surface area (Å²) in [5.74, 6) is -2.29. The highest BCUT2D eigenvalue weighted by Gasteiger charge is 2.43. The number of carboxylic acid groups (broad SMARTS) is 1. The van der Waals surface area contributed by atoms with E-state index in [-0.39, 0.29) is 17.8 Å². The van der Waals surface area contributed by atoms with Crippen molar-refractivity contribution in [2.24, 2.45) is 5.41 Å². The molecule has 0 radical (unpaired) electrons. The highest BCUT2D eigenvalue weighted by molar-refractivity contribution is 6.03. The third kappa shape index (κ3) is 6.67. The maximum atomic E-state index is 13.8. The number of carbonyl (C=O) groups excluding carboxylic acids is 3. The Hall–Kier alpha value is -3.68. The molecule has 1 unspecified atom stereocenters. The van der Waals surface area contributed by atoms with Crippen LogP contribution in [0.4, 0.5) is 5.69 Å². The summed E-state index contributed by atoms with van der Waals surface area (Å²) in [5.41, 5.74) is 1.78. The topological polar surface area (TPSA) is 113 Å². The third-order valence-corrected chi connectivity index (χ3v) is 8.11. The molecule has 2 amide bonds. The van der Waals surface area contributed by atoms with Crippen molar-refractivity contribution < 1.29 is 29.0 Å². The van der Waals surface area contributed by atoms with Gasteiger partial charge in [-0.05, 0) is 62.6 Å². The molecule has 208 valence electrons. The summed E-state index contributed by atoms with van der Waals surface area (Å²) in [6.45, 7) is 1.65. The first kappa shape index (κ1) is 28.3. The molecule has 8 nitrogen and oxygen atoms in total. The van der Waals surface area contributed by atoms with Crippen molar-refractivity contribution in [3.05, 3.63) is 65.7 Å². The Kier molecular flexibility index (Phi) is 9.38. The van der Waals surface area contributed by atoms with E-state index in [4.69, 9.17) is 4.74 Å². The molecule has 0 saturated heterocycles. The molecule has 1 fully saturated rings. The lowest BCUT2D eigenvalue weighted by Gasteiger charge is -2.31. The monoisotopic (exact) mass is 534 g/mol. The number of amides is 2. The Morgan fingerprint density at radius 3 is 2.46 bits per heavy atom. The molecule has 2 aromatic rings. The van der Waals surface area contributed by atoms with Crippen molar-refractivity contribution in [2.75, 3.05) is 18.1 Å². The predicted molar refractivity (Wildman–Crippen MR) is 147 cm³/mol. The van der Waals surface area contributed by atoms with Crippen LogP contribution >= 0.6 is 0 Å². The summed E-state index contributed by atoms with van der Waals surface area (Å²) in [7, 11) is 0. The quantitative estimate of drug-likeness (QED) is 0.407. The van der Waals surface area contributed by atoms with E-state index in [1.165, 1.54) is 4.90 Å². The number of nitrogens with one attached hydrogen (secondary N) is 1. The van der Waals surface area contributed by atoms with E-state index in [2.05, 4.69) is 5.32 Å². The van der Waals surface area contributed by atoms with Crippen LogP contribution in [0.2, 0.25) is 0 Å². The fraction of sp³-hybridized carbons (Fsp3) is 0.484. The van der Waals surface area contributed by atoms with Crippen LogP contribution in [-0.2, 0) is 30.3 Å². The number of para-hydroxylation sites is 1. The molecule has 4 rings (SSSR count). The molecule has 2 N–H and O–H groups in total. The van der Waals surface area contributed by atoms with Crippen molar-refractivity contribution in [3.8, 4) is 0 Å². The minimum absolute atomic E-state index is 0.146. The number of esters is 1. The highest BCUT2D eigenvalue weighted by atomic mass is 16.5. The maximum Gasteiger partial charge on any atom is 0.323 e.